The van der Waals surface area contributed by atoms with Crippen LogP contribution in [0.25, 0.3) is 0 Å². The molecule has 0 aliphatic rings. The van der Waals surface area contributed by atoms with Crippen LogP contribution in [-0.4, -0.2) is 27.1 Å². The molecule has 0 saturated heterocycles. The molecule has 164 valence electrons. The molecule has 0 saturated carbocycles. The standard InChI is InChI=1S/C24H34N2O3S/c1-18(2)17-22(21-12-7-6-8-13-21)25-24(27)15-10-16-26(30(5,28)29)23-14-9-11-19(3)20(23)4/h6-9,11-14,18,22H,10,15-17H2,1-5H3,(H,25,27)/t22-/m0/s1. The Kier molecular flexibility index (Phi) is 8.47. The summed E-state index contributed by atoms with van der Waals surface area (Å²) < 4.78 is 26.2. The Hall–Kier alpha value is -2.34. The molecule has 0 spiro atoms. The number of hydrogen-bond acceptors (Lipinski definition) is 3. The van der Waals surface area contributed by atoms with Crippen molar-refractivity contribution in [2.75, 3.05) is 17.1 Å². The molecule has 2 aromatic rings. The molecule has 2 rings (SSSR count). The molecule has 1 N–H and O–H groups in total. The number of hydrogen-bond donors (Lipinski definition) is 1. The molecule has 0 aliphatic heterocycles. The fraction of sp³-hybridized carbons (Fsp3) is 0.458. The Labute approximate surface area is 181 Å². The maximum atomic E-state index is 12.6. The number of sulfonamides is 1. The lowest BCUT2D eigenvalue weighted by Gasteiger charge is -2.25. The van der Waals surface area contributed by atoms with Gasteiger partial charge in [-0.05, 0) is 55.4 Å². The second kappa shape index (κ2) is 10.6. The predicted molar refractivity (Wildman–Crippen MR) is 124 cm³/mol. The van der Waals surface area contributed by atoms with E-state index in [9.17, 15) is 13.2 Å². The maximum absolute atomic E-state index is 12.6. The van der Waals surface area contributed by atoms with Crippen LogP contribution in [0.15, 0.2) is 48.5 Å². The Bertz CT molecular complexity index is 940. The SMILES string of the molecule is Cc1cccc(N(CCCC(=O)N[C@@H](CC(C)C)c2ccccc2)S(C)(=O)=O)c1C. The zero-order chi connectivity index (χ0) is 22.3. The summed E-state index contributed by atoms with van der Waals surface area (Å²) in [5.41, 5.74) is 3.75. The summed E-state index contributed by atoms with van der Waals surface area (Å²) in [6.07, 6.45) is 2.80. The number of aryl methyl sites for hydroxylation is 1. The first-order chi connectivity index (χ1) is 14.1. The highest BCUT2D eigenvalue weighted by Crippen LogP contribution is 2.25. The first-order valence-corrected chi connectivity index (χ1v) is 12.3. The summed E-state index contributed by atoms with van der Waals surface area (Å²) in [6.45, 7) is 8.43. The Morgan fingerprint density at radius 1 is 1.03 bits per heavy atom. The van der Waals surface area contributed by atoms with Gasteiger partial charge in [-0.2, -0.15) is 0 Å². The van der Waals surface area contributed by atoms with E-state index in [1.54, 1.807) is 0 Å². The Morgan fingerprint density at radius 3 is 2.30 bits per heavy atom. The van der Waals surface area contributed by atoms with Crippen molar-refractivity contribution in [1.29, 1.82) is 0 Å². The fourth-order valence-electron chi connectivity index (χ4n) is 3.56. The van der Waals surface area contributed by atoms with Crippen molar-refractivity contribution in [2.45, 2.75) is 53.0 Å². The van der Waals surface area contributed by atoms with Crippen molar-refractivity contribution in [3.8, 4) is 0 Å². The lowest BCUT2D eigenvalue weighted by atomic mass is 9.97. The van der Waals surface area contributed by atoms with Gasteiger partial charge in [-0.15, -0.1) is 0 Å². The maximum Gasteiger partial charge on any atom is 0.232 e. The smallest absolute Gasteiger partial charge is 0.232 e. The van der Waals surface area contributed by atoms with Crippen LogP contribution in [0.1, 0.15) is 55.8 Å². The fourth-order valence-corrected chi connectivity index (χ4v) is 4.57. The lowest BCUT2D eigenvalue weighted by molar-refractivity contribution is -0.122. The van der Waals surface area contributed by atoms with Gasteiger partial charge in [0, 0.05) is 13.0 Å². The molecule has 1 atom stereocenters. The van der Waals surface area contributed by atoms with Crippen molar-refractivity contribution in [3.63, 3.8) is 0 Å². The summed E-state index contributed by atoms with van der Waals surface area (Å²) >= 11 is 0. The van der Waals surface area contributed by atoms with Crippen LogP contribution in [0.2, 0.25) is 0 Å². The minimum absolute atomic E-state index is 0.0382. The van der Waals surface area contributed by atoms with Gasteiger partial charge in [0.25, 0.3) is 0 Å². The van der Waals surface area contributed by atoms with Gasteiger partial charge in [-0.1, -0.05) is 56.3 Å². The molecule has 2 aromatic carbocycles. The largest absolute Gasteiger partial charge is 0.349 e. The van der Waals surface area contributed by atoms with E-state index < -0.39 is 10.0 Å². The van der Waals surface area contributed by atoms with E-state index in [2.05, 4.69) is 19.2 Å². The second-order valence-electron chi connectivity index (χ2n) is 8.32. The average molecular weight is 431 g/mol. The number of anilines is 1. The molecule has 0 aliphatic carbocycles. The van der Waals surface area contributed by atoms with Crippen molar-refractivity contribution in [1.82, 2.24) is 5.32 Å². The van der Waals surface area contributed by atoms with Crippen LogP contribution in [0, 0.1) is 19.8 Å². The summed E-state index contributed by atoms with van der Waals surface area (Å²) in [5, 5.41) is 3.13. The normalized spacial score (nSPS) is 12.6. The molecule has 30 heavy (non-hydrogen) atoms. The van der Waals surface area contributed by atoms with Crippen LogP contribution >= 0.6 is 0 Å². The van der Waals surface area contributed by atoms with Gasteiger partial charge < -0.3 is 5.32 Å². The molecule has 0 unspecified atom stereocenters. The quantitative estimate of drug-likeness (QED) is 0.591. The van der Waals surface area contributed by atoms with E-state index in [1.165, 1.54) is 10.6 Å². The van der Waals surface area contributed by atoms with E-state index in [-0.39, 0.29) is 24.9 Å². The zero-order valence-electron chi connectivity index (χ0n) is 18.7. The highest BCUT2D eigenvalue weighted by atomic mass is 32.2. The minimum Gasteiger partial charge on any atom is -0.349 e. The summed E-state index contributed by atoms with van der Waals surface area (Å²) in [7, 11) is -3.44. The van der Waals surface area contributed by atoms with Crippen molar-refractivity contribution >= 4 is 21.6 Å². The molecule has 0 aromatic heterocycles. The molecule has 6 heteroatoms. The van der Waals surface area contributed by atoms with Gasteiger partial charge in [0.2, 0.25) is 15.9 Å². The summed E-state index contributed by atoms with van der Waals surface area (Å²) in [5.74, 6) is 0.388. The van der Waals surface area contributed by atoms with Crippen LogP contribution < -0.4 is 9.62 Å². The Balaban J connectivity index is 2.03. The van der Waals surface area contributed by atoms with Crippen molar-refractivity contribution in [3.05, 3.63) is 65.2 Å². The average Bonchev–Trinajstić information content (AvgIpc) is 2.67. The number of nitrogens with one attached hydrogen (secondary N) is 1. The van der Waals surface area contributed by atoms with E-state index >= 15 is 0 Å². The number of carbonyl (C=O) groups excluding carboxylic acids is 1. The molecule has 5 nitrogen and oxygen atoms in total. The molecule has 0 heterocycles. The van der Waals surface area contributed by atoms with Crippen LogP contribution in [0.5, 0.6) is 0 Å². The summed E-state index contributed by atoms with van der Waals surface area (Å²) in [4.78, 5) is 12.6. The monoisotopic (exact) mass is 430 g/mol. The van der Waals surface area contributed by atoms with E-state index in [1.807, 2.05) is 62.4 Å². The minimum atomic E-state index is -3.44. The molecular formula is C24H34N2O3S. The van der Waals surface area contributed by atoms with Gasteiger partial charge in [0.1, 0.15) is 0 Å². The predicted octanol–water partition coefficient (Wildman–Crippen LogP) is 4.75. The lowest BCUT2D eigenvalue weighted by Crippen LogP contribution is -2.33. The molecule has 0 fully saturated rings. The zero-order valence-corrected chi connectivity index (χ0v) is 19.5. The summed E-state index contributed by atoms with van der Waals surface area (Å²) in [6, 6.07) is 15.6. The number of nitrogens with zero attached hydrogens (tertiary/aromatic N) is 1. The van der Waals surface area contributed by atoms with Crippen LogP contribution in [0.3, 0.4) is 0 Å². The number of carbonyl (C=O) groups is 1. The molecule has 0 bridgehead atoms. The van der Waals surface area contributed by atoms with E-state index in [0.29, 0.717) is 18.0 Å². The third kappa shape index (κ3) is 6.87. The number of amides is 1. The van der Waals surface area contributed by atoms with Crippen LogP contribution in [-0.2, 0) is 14.8 Å². The third-order valence-electron chi connectivity index (χ3n) is 5.25. The van der Waals surface area contributed by atoms with Crippen LogP contribution in [0.4, 0.5) is 5.69 Å². The van der Waals surface area contributed by atoms with E-state index in [4.69, 9.17) is 0 Å². The van der Waals surface area contributed by atoms with E-state index in [0.717, 1.165) is 23.1 Å². The van der Waals surface area contributed by atoms with Gasteiger partial charge >= 0.3 is 0 Å². The van der Waals surface area contributed by atoms with Crippen molar-refractivity contribution in [2.24, 2.45) is 5.92 Å². The third-order valence-corrected chi connectivity index (χ3v) is 6.43. The second-order valence-corrected chi connectivity index (χ2v) is 10.2. The number of rotatable bonds is 10. The first-order valence-electron chi connectivity index (χ1n) is 10.5. The van der Waals surface area contributed by atoms with Gasteiger partial charge in [0.15, 0.2) is 0 Å². The van der Waals surface area contributed by atoms with Crippen molar-refractivity contribution < 1.29 is 13.2 Å². The Morgan fingerprint density at radius 2 is 1.70 bits per heavy atom. The highest BCUT2D eigenvalue weighted by Gasteiger charge is 2.21. The molecular weight excluding hydrogens is 396 g/mol. The van der Waals surface area contributed by atoms with Gasteiger partial charge in [-0.3, -0.25) is 9.10 Å². The topological polar surface area (TPSA) is 66.5 Å². The first kappa shape index (κ1) is 23.9. The van der Waals surface area contributed by atoms with Gasteiger partial charge in [-0.25, -0.2) is 8.42 Å². The molecule has 1 amide bonds. The number of benzene rings is 2. The molecule has 0 radical (unpaired) electrons. The highest BCUT2D eigenvalue weighted by molar-refractivity contribution is 7.92. The van der Waals surface area contributed by atoms with Gasteiger partial charge in [0.05, 0.1) is 18.0 Å².